The van der Waals surface area contributed by atoms with E-state index in [1.807, 2.05) is 0 Å². The predicted octanol–water partition coefficient (Wildman–Crippen LogP) is -0.512. The minimum absolute atomic E-state index is 0. The van der Waals surface area contributed by atoms with Crippen molar-refractivity contribution in [2.75, 3.05) is 13.1 Å². The van der Waals surface area contributed by atoms with E-state index in [0.29, 0.717) is 0 Å². The summed E-state index contributed by atoms with van der Waals surface area (Å²) in [7, 11) is 0. The Labute approximate surface area is 64.7 Å². The Hall–Kier alpha value is -0.480. The first kappa shape index (κ1) is 7.63. The minimum atomic E-state index is -0.272. The first-order valence-electron chi connectivity index (χ1n) is 3.04. The van der Waals surface area contributed by atoms with Gasteiger partial charge in [-0.1, -0.05) is 0 Å². The maximum Gasteiger partial charge on any atom is 0.407 e. The molecule has 0 aromatic heterocycles. The summed E-state index contributed by atoms with van der Waals surface area (Å²) >= 11 is 0. The highest BCUT2D eigenvalue weighted by atomic mass is 35.5. The fraction of sp³-hybridized carbons (Fsp3) is 0.800. The van der Waals surface area contributed by atoms with Crippen molar-refractivity contribution in [3.05, 3.63) is 0 Å². The van der Waals surface area contributed by atoms with Gasteiger partial charge < -0.3 is 15.4 Å². The Morgan fingerprint density at radius 3 is 3.00 bits per heavy atom. The number of nitrogens with one attached hydrogen (secondary N) is 2. The van der Waals surface area contributed by atoms with Crippen molar-refractivity contribution in [1.29, 1.82) is 0 Å². The van der Waals surface area contributed by atoms with Gasteiger partial charge in [0.1, 0.15) is 6.10 Å². The van der Waals surface area contributed by atoms with E-state index < -0.39 is 0 Å². The monoisotopic (exact) mass is 164 g/mol. The molecule has 2 rings (SSSR count). The summed E-state index contributed by atoms with van der Waals surface area (Å²) in [6, 6.07) is 0.220. The summed E-state index contributed by atoms with van der Waals surface area (Å²) in [5.74, 6) is 0. The van der Waals surface area contributed by atoms with Gasteiger partial charge in [0.25, 0.3) is 0 Å². The third kappa shape index (κ3) is 1.04. The molecule has 2 heterocycles. The fourth-order valence-corrected chi connectivity index (χ4v) is 1.25. The summed E-state index contributed by atoms with van der Waals surface area (Å²) < 4.78 is 4.87. The van der Waals surface area contributed by atoms with Crippen LogP contribution in [0.15, 0.2) is 0 Å². The number of carbonyl (C=O) groups excluding carboxylic acids is 1. The summed E-state index contributed by atoms with van der Waals surface area (Å²) in [4.78, 5) is 10.5. The molecule has 0 spiro atoms. The highest BCUT2D eigenvalue weighted by Crippen LogP contribution is 2.11. The summed E-state index contributed by atoms with van der Waals surface area (Å²) in [6.45, 7) is 1.64. The highest BCUT2D eigenvalue weighted by molar-refractivity contribution is 5.85. The Bertz CT molecular complexity index is 139. The SMILES string of the molecule is Cl.O=C1N[C@@H]2CNC[C@@H]2O1. The minimum Gasteiger partial charge on any atom is -0.443 e. The Morgan fingerprint density at radius 1 is 1.50 bits per heavy atom. The summed E-state index contributed by atoms with van der Waals surface area (Å²) in [5.41, 5.74) is 0. The van der Waals surface area contributed by atoms with Crippen molar-refractivity contribution in [2.24, 2.45) is 0 Å². The molecule has 0 bridgehead atoms. The molecule has 4 nitrogen and oxygen atoms in total. The second-order valence-corrected chi connectivity index (χ2v) is 2.35. The molecule has 58 valence electrons. The van der Waals surface area contributed by atoms with Crippen molar-refractivity contribution < 1.29 is 9.53 Å². The van der Waals surface area contributed by atoms with Gasteiger partial charge in [-0.05, 0) is 0 Å². The van der Waals surface area contributed by atoms with Crippen LogP contribution in [-0.4, -0.2) is 31.3 Å². The normalized spacial score (nSPS) is 35.8. The standard InChI is InChI=1S/C5H8N2O2.ClH/c8-5-7-3-1-6-2-4(3)9-5;/h3-4,6H,1-2H2,(H,7,8);1H/t3-,4+;/m1./s1. The van der Waals surface area contributed by atoms with Gasteiger partial charge in [-0.3, -0.25) is 0 Å². The van der Waals surface area contributed by atoms with Gasteiger partial charge in [0.15, 0.2) is 0 Å². The molecule has 0 aliphatic carbocycles. The lowest BCUT2D eigenvalue weighted by Gasteiger charge is -2.00. The number of amides is 1. The van der Waals surface area contributed by atoms with Gasteiger partial charge in [-0.2, -0.15) is 0 Å². The summed E-state index contributed by atoms with van der Waals surface area (Å²) in [6.07, 6.45) is -0.191. The smallest absolute Gasteiger partial charge is 0.407 e. The van der Waals surface area contributed by atoms with Crippen molar-refractivity contribution in [1.82, 2.24) is 10.6 Å². The Morgan fingerprint density at radius 2 is 2.30 bits per heavy atom. The molecule has 2 fully saturated rings. The van der Waals surface area contributed by atoms with Gasteiger partial charge in [0, 0.05) is 13.1 Å². The van der Waals surface area contributed by atoms with Crippen LogP contribution in [0.4, 0.5) is 4.79 Å². The lowest BCUT2D eigenvalue weighted by molar-refractivity contribution is 0.142. The number of carbonyl (C=O) groups is 1. The van der Waals surface area contributed by atoms with Gasteiger partial charge in [0.2, 0.25) is 0 Å². The van der Waals surface area contributed by atoms with Crippen LogP contribution >= 0.6 is 12.4 Å². The lowest BCUT2D eigenvalue weighted by atomic mass is 10.2. The van der Waals surface area contributed by atoms with Crippen molar-refractivity contribution in [2.45, 2.75) is 12.1 Å². The zero-order valence-corrected chi connectivity index (χ0v) is 6.11. The molecule has 5 heteroatoms. The van der Waals surface area contributed by atoms with Crippen LogP contribution in [0.5, 0.6) is 0 Å². The number of hydrogen-bond donors (Lipinski definition) is 2. The van der Waals surface area contributed by atoms with Crippen LogP contribution in [0.3, 0.4) is 0 Å². The van der Waals surface area contributed by atoms with Crippen LogP contribution < -0.4 is 10.6 Å². The zero-order valence-electron chi connectivity index (χ0n) is 5.29. The van der Waals surface area contributed by atoms with Gasteiger partial charge >= 0.3 is 6.09 Å². The average molecular weight is 165 g/mol. The third-order valence-corrected chi connectivity index (χ3v) is 1.72. The van der Waals surface area contributed by atoms with E-state index in [0.717, 1.165) is 13.1 Å². The van der Waals surface area contributed by atoms with E-state index in [-0.39, 0.29) is 30.6 Å². The molecule has 2 atom stereocenters. The molecule has 2 aliphatic rings. The number of halogens is 1. The number of fused-ring (bicyclic) bond motifs is 1. The van der Waals surface area contributed by atoms with Gasteiger partial charge in [-0.15, -0.1) is 12.4 Å². The Balaban J connectivity index is 0.000000500. The molecule has 2 N–H and O–H groups in total. The van der Waals surface area contributed by atoms with Gasteiger partial charge in [0.05, 0.1) is 6.04 Å². The molecule has 0 unspecified atom stereocenters. The average Bonchev–Trinajstić information content (AvgIpc) is 2.22. The van der Waals surface area contributed by atoms with Crippen LogP contribution in [0.1, 0.15) is 0 Å². The zero-order chi connectivity index (χ0) is 6.27. The second kappa shape index (κ2) is 2.64. The van der Waals surface area contributed by atoms with E-state index in [2.05, 4.69) is 10.6 Å². The van der Waals surface area contributed by atoms with Crippen molar-refractivity contribution >= 4 is 18.5 Å². The van der Waals surface area contributed by atoms with E-state index in [1.54, 1.807) is 0 Å². The second-order valence-electron chi connectivity index (χ2n) is 2.35. The maximum atomic E-state index is 10.5. The van der Waals surface area contributed by atoms with E-state index >= 15 is 0 Å². The maximum absolute atomic E-state index is 10.5. The molecule has 0 aromatic carbocycles. The van der Waals surface area contributed by atoms with E-state index in [1.165, 1.54) is 0 Å². The molecule has 0 radical (unpaired) electrons. The summed E-state index contributed by atoms with van der Waals surface area (Å²) in [5, 5.41) is 5.80. The molecule has 0 saturated carbocycles. The molecule has 0 aromatic rings. The van der Waals surface area contributed by atoms with Crippen LogP contribution in [0.2, 0.25) is 0 Å². The van der Waals surface area contributed by atoms with Crippen LogP contribution in [0, 0.1) is 0 Å². The fourth-order valence-electron chi connectivity index (χ4n) is 1.25. The van der Waals surface area contributed by atoms with Crippen LogP contribution in [-0.2, 0) is 4.74 Å². The van der Waals surface area contributed by atoms with Crippen LogP contribution in [0.25, 0.3) is 0 Å². The quantitative estimate of drug-likeness (QED) is 0.507. The molecular formula is C5H9ClN2O2. The molecule has 10 heavy (non-hydrogen) atoms. The molecular weight excluding hydrogens is 156 g/mol. The number of hydrogen-bond acceptors (Lipinski definition) is 3. The predicted molar refractivity (Wildman–Crippen MR) is 37.3 cm³/mol. The number of ether oxygens (including phenoxy) is 1. The number of alkyl carbamates (subject to hydrolysis) is 1. The van der Waals surface area contributed by atoms with Crippen molar-refractivity contribution in [3.8, 4) is 0 Å². The largest absolute Gasteiger partial charge is 0.443 e. The van der Waals surface area contributed by atoms with Crippen molar-refractivity contribution in [3.63, 3.8) is 0 Å². The Kier molecular flexibility index (Phi) is 2.01. The topological polar surface area (TPSA) is 50.4 Å². The van der Waals surface area contributed by atoms with Gasteiger partial charge in [-0.25, -0.2) is 4.79 Å². The first-order chi connectivity index (χ1) is 4.36. The molecule has 2 aliphatic heterocycles. The van der Waals surface area contributed by atoms with E-state index in [4.69, 9.17) is 4.74 Å². The lowest BCUT2D eigenvalue weighted by Crippen LogP contribution is -2.31. The highest BCUT2D eigenvalue weighted by Gasteiger charge is 2.37. The number of rotatable bonds is 0. The third-order valence-electron chi connectivity index (χ3n) is 1.72. The molecule has 1 amide bonds. The first-order valence-corrected chi connectivity index (χ1v) is 3.04. The molecule has 2 saturated heterocycles. The van der Waals surface area contributed by atoms with E-state index in [9.17, 15) is 4.79 Å².